The standard InChI is InChI=1S/C16H10ClN3O2S2/c17-11-5-3-4-10(8-11)14(21)19-20-15(22)13(24-16(20)23)9-12-6-1-2-7-18-12/h1-9H,(H,19,21)/b13-9-. The van der Waals surface area contributed by atoms with Gasteiger partial charge in [0.1, 0.15) is 0 Å². The molecule has 24 heavy (non-hydrogen) atoms. The van der Waals surface area contributed by atoms with Crippen LogP contribution in [0.4, 0.5) is 0 Å². The summed E-state index contributed by atoms with van der Waals surface area (Å²) in [6.07, 6.45) is 3.26. The highest BCUT2D eigenvalue weighted by molar-refractivity contribution is 8.26. The van der Waals surface area contributed by atoms with E-state index in [1.165, 1.54) is 6.07 Å². The molecule has 0 radical (unpaired) electrons. The van der Waals surface area contributed by atoms with Crippen LogP contribution in [0.25, 0.3) is 6.08 Å². The zero-order valence-corrected chi connectivity index (χ0v) is 14.5. The van der Waals surface area contributed by atoms with E-state index in [1.54, 1.807) is 42.6 Å². The molecule has 0 unspecified atom stereocenters. The predicted molar refractivity (Wildman–Crippen MR) is 98.2 cm³/mol. The highest BCUT2D eigenvalue weighted by atomic mass is 35.5. The van der Waals surface area contributed by atoms with E-state index in [-0.39, 0.29) is 4.32 Å². The van der Waals surface area contributed by atoms with Crippen LogP contribution in [-0.2, 0) is 4.79 Å². The molecule has 1 aromatic carbocycles. The number of hydrogen-bond acceptors (Lipinski definition) is 5. The second-order valence-corrected chi connectivity index (χ2v) is 6.84. The van der Waals surface area contributed by atoms with Gasteiger partial charge in [0.15, 0.2) is 4.32 Å². The predicted octanol–water partition coefficient (Wildman–Crippen LogP) is 3.28. The Kier molecular flexibility index (Phi) is 4.94. The first kappa shape index (κ1) is 16.6. The second-order valence-electron chi connectivity index (χ2n) is 4.72. The van der Waals surface area contributed by atoms with Crippen molar-refractivity contribution in [2.45, 2.75) is 0 Å². The lowest BCUT2D eigenvalue weighted by Crippen LogP contribution is -2.44. The van der Waals surface area contributed by atoms with Gasteiger partial charge in [0.2, 0.25) is 0 Å². The Morgan fingerprint density at radius 1 is 1.29 bits per heavy atom. The average molecular weight is 376 g/mol. The van der Waals surface area contributed by atoms with Gasteiger partial charge < -0.3 is 0 Å². The number of amides is 2. The van der Waals surface area contributed by atoms with Crippen LogP contribution in [0.1, 0.15) is 16.1 Å². The van der Waals surface area contributed by atoms with Crippen LogP contribution >= 0.6 is 35.6 Å². The summed E-state index contributed by atoms with van der Waals surface area (Å²) in [5.41, 5.74) is 3.48. The third-order valence-corrected chi connectivity index (χ3v) is 4.60. The Labute approximate surface area is 152 Å². The van der Waals surface area contributed by atoms with Crippen molar-refractivity contribution in [1.29, 1.82) is 0 Å². The maximum Gasteiger partial charge on any atom is 0.285 e. The largest absolute Gasteiger partial charge is 0.285 e. The number of hydrogen-bond donors (Lipinski definition) is 1. The smallest absolute Gasteiger partial charge is 0.267 e. The van der Waals surface area contributed by atoms with Crippen molar-refractivity contribution in [3.05, 3.63) is 69.8 Å². The normalized spacial score (nSPS) is 15.9. The van der Waals surface area contributed by atoms with Crippen molar-refractivity contribution in [3.8, 4) is 0 Å². The van der Waals surface area contributed by atoms with Gasteiger partial charge in [0.25, 0.3) is 11.8 Å². The number of pyridine rings is 1. The molecule has 0 bridgehead atoms. The van der Waals surface area contributed by atoms with Gasteiger partial charge in [-0.05, 0) is 48.6 Å². The number of aromatic nitrogens is 1. The van der Waals surface area contributed by atoms with E-state index in [9.17, 15) is 9.59 Å². The molecule has 0 aliphatic carbocycles. The summed E-state index contributed by atoms with van der Waals surface area (Å²) in [6, 6.07) is 11.8. The summed E-state index contributed by atoms with van der Waals surface area (Å²) < 4.78 is 0.248. The first-order chi connectivity index (χ1) is 11.5. The van der Waals surface area contributed by atoms with Crippen molar-refractivity contribution in [2.75, 3.05) is 0 Å². The zero-order valence-electron chi connectivity index (χ0n) is 12.1. The van der Waals surface area contributed by atoms with E-state index in [0.717, 1.165) is 16.8 Å². The topological polar surface area (TPSA) is 62.3 Å². The lowest BCUT2D eigenvalue weighted by molar-refractivity contribution is -0.123. The summed E-state index contributed by atoms with van der Waals surface area (Å²) in [5.74, 6) is -0.862. The number of halogens is 1. The molecule has 8 heteroatoms. The average Bonchev–Trinajstić information content (AvgIpc) is 2.83. The summed E-state index contributed by atoms with van der Waals surface area (Å²) >= 11 is 12.1. The van der Waals surface area contributed by atoms with Gasteiger partial charge >= 0.3 is 0 Å². The van der Waals surface area contributed by atoms with E-state index in [2.05, 4.69) is 10.4 Å². The molecule has 3 rings (SSSR count). The fraction of sp³-hybridized carbons (Fsp3) is 0. The van der Waals surface area contributed by atoms with Gasteiger partial charge in [-0.3, -0.25) is 20.0 Å². The number of hydrazine groups is 1. The number of carbonyl (C=O) groups excluding carboxylic acids is 2. The summed E-state index contributed by atoms with van der Waals surface area (Å²) in [7, 11) is 0. The van der Waals surface area contributed by atoms with Crippen LogP contribution in [0.5, 0.6) is 0 Å². The van der Waals surface area contributed by atoms with E-state index >= 15 is 0 Å². The SMILES string of the molecule is O=C(NN1C(=O)/C(=C/c2ccccn2)SC1=S)c1cccc(Cl)c1. The van der Waals surface area contributed by atoms with Crippen molar-refractivity contribution < 1.29 is 9.59 Å². The van der Waals surface area contributed by atoms with Crippen molar-refractivity contribution in [3.63, 3.8) is 0 Å². The van der Waals surface area contributed by atoms with Gasteiger partial charge in [-0.25, -0.2) is 0 Å². The fourth-order valence-electron chi connectivity index (χ4n) is 1.96. The van der Waals surface area contributed by atoms with Crippen LogP contribution in [-0.4, -0.2) is 26.1 Å². The molecule has 2 heterocycles. The number of carbonyl (C=O) groups is 2. The third kappa shape index (κ3) is 3.64. The Morgan fingerprint density at radius 3 is 2.83 bits per heavy atom. The number of nitrogens with one attached hydrogen (secondary N) is 1. The number of rotatable bonds is 3. The van der Waals surface area contributed by atoms with Crippen LogP contribution in [0, 0.1) is 0 Å². The highest BCUT2D eigenvalue weighted by Gasteiger charge is 2.33. The monoisotopic (exact) mass is 375 g/mol. The second kappa shape index (κ2) is 7.12. The number of benzene rings is 1. The Bertz CT molecular complexity index is 855. The van der Waals surface area contributed by atoms with Crippen molar-refractivity contribution in [1.82, 2.24) is 15.4 Å². The van der Waals surface area contributed by atoms with Gasteiger partial charge in [-0.1, -0.05) is 35.5 Å². The fourth-order valence-corrected chi connectivity index (χ4v) is 3.31. The molecule has 1 fully saturated rings. The van der Waals surface area contributed by atoms with Crippen molar-refractivity contribution >= 4 is 57.8 Å². The maximum atomic E-state index is 12.4. The molecule has 120 valence electrons. The van der Waals surface area contributed by atoms with Crippen LogP contribution in [0.3, 0.4) is 0 Å². The van der Waals surface area contributed by atoms with E-state index < -0.39 is 11.8 Å². The summed E-state index contributed by atoms with van der Waals surface area (Å²) in [4.78, 5) is 29.2. The molecule has 1 saturated heterocycles. The molecule has 0 spiro atoms. The highest BCUT2D eigenvalue weighted by Crippen LogP contribution is 2.31. The van der Waals surface area contributed by atoms with Crippen LogP contribution < -0.4 is 5.43 Å². The molecule has 2 amide bonds. The Hall–Kier alpha value is -2.22. The summed E-state index contributed by atoms with van der Waals surface area (Å²) in [5, 5.41) is 1.49. The van der Waals surface area contributed by atoms with E-state index in [1.807, 2.05) is 6.07 Å². The molecule has 0 atom stereocenters. The zero-order chi connectivity index (χ0) is 17.1. The van der Waals surface area contributed by atoms with Crippen LogP contribution in [0.2, 0.25) is 5.02 Å². The molecule has 2 aromatic rings. The molecule has 0 saturated carbocycles. The minimum absolute atomic E-state index is 0.248. The first-order valence-electron chi connectivity index (χ1n) is 6.80. The minimum Gasteiger partial charge on any atom is -0.267 e. The number of thioether (sulfide) groups is 1. The number of nitrogens with zero attached hydrogens (tertiary/aromatic N) is 2. The van der Waals surface area contributed by atoms with Gasteiger partial charge in [0, 0.05) is 16.8 Å². The third-order valence-electron chi connectivity index (χ3n) is 3.06. The molecule has 1 aliphatic heterocycles. The molecule has 1 N–H and O–H groups in total. The van der Waals surface area contributed by atoms with Crippen LogP contribution in [0.15, 0.2) is 53.6 Å². The lowest BCUT2D eigenvalue weighted by atomic mass is 10.2. The molecule has 1 aromatic heterocycles. The molecule has 5 nitrogen and oxygen atoms in total. The first-order valence-corrected chi connectivity index (χ1v) is 8.40. The minimum atomic E-state index is -0.465. The Morgan fingerprint density at radius 2 is 2.12 bits per heavy atom. The number of thiocarbonyl (C=S) groups is 1. The maximum absolute atomic E-state index is 12.4. The molecular formula is C16H10ClN3O2S2. The summed E-state index contributed by atoms with van der Waals surface area (Å²) in [6.45, 7) is 0. The van der Waals surface area contributed by atoms with Gasteiger partial charge in [-0.15, -0.1) is 0 Å². The van der Waals surface area contributed by atoms with Gasteiger partial charge in [-0.2, -0.15) is 5.01 Å². The Balaban J connectivity index is 1.77. The lowest BCUT2D eigenvalue weighted by Gasteiger charge is -2.15. The molecule has 1 aliphatic rings. The van der Waals surface area contributed by atoms with Crippen molar-refractivity contribution in [2.24, 2.45) is 0 Å². The van der Waals surface area contributed by atoms with Gasteiger partial charge in [0.05, 0.1) is 10.6 Å². The quantitative estimate of drug-likeness (QED) is 0.659. The van der Waals surface area contributed by atoms with E-state index in [0.29, 0.717) is 21.2 Å². The molecular weight excluding hydrogens is 366 g/mol. The van der Waals surface area contributed by atoms with E-state index in [4.69, 9.17) is 23.8 Å².